The zero-order chi connectivity index (χ0) is 18.2. The number of hydrogen-bond donors (Lipinski definition) is 3. The summed E-state index contributed by atoms with van der Waals surface area (Å²) in [5.74, 6) is -0.368. The highest BCUT2D eigenvalue weighted by Crippen LogP contribution is 2.20. The Kier molecular flexibility index (Phi) is 6.85. The summed E-state index contributed by atoms with van der Waals surface area (Å²) in [6.07, 6.45) is 3.57. The second-order valence-electron chi connectivity index (χ2n) is 5.22. The van der Waals surface area contributed by atoms with Gasteiger partial charge in [-0.2, -0.15) is 0 Å². The van der Waals surface area contributed by atoms with Gasteiger partial charge in [-0.05, 0) is 54.4 Å². The molecular formula is C18H19N3O2S2. The maximum absolute atomic E-state index is 11.9. The lowest BCUT2D eigenvalue weighted by Gasteiger charge is -2.12. The summed E-state index contributed by atoms with van der Waals surface area (Å²) in [4.78, 5) is 24.4. The van der Waals surface area contributed by atoms with Gasteiger partial charge in [-0.1, -0.05) is 19.1 Å². The number of aryl methyl sites for hydroxylation is 1. The number of rotatable bonds is 5. The average molecular weight is 374 g/mol. The van der Waals surface area contributed by atoms with Crippen LogP contribution < -0.4 is 16.0 Å². The number of benzene rings is 1. The van der Waals surface area contributed by atoms with Crippen molar-refractivity contribution in [2.24, 2.45) is 0 Å². The summed E-state index contributed by atoms with van der Waals surface area (Å²) in [6, 6.07) is 9.32. The zero-order valence-electron chi connectivity index (χ0n) is 14.0. The molecule has 1 aromatic carbocycles. The Hall–Kier alpha value is -2.51. The number of carbonyl (C=O) groups is 2. The third-order valence-corrected chi connectivity index (χ3v) is 4.31. The van der Waals surface area contributed by atoms with Gasteiger partial charge in [-0.3, -0.25) is 14.9 Å². The van der Waals surface area contributed by atoms with Crippen molar-refractivity contribution in [1.29, 1.82) is 0 Å². The predicted octanol–water partition coefficient (Wildman–Crippen LogP) is 3.93. The molecule has 25 heavy (non-hydrogen) atoms. The fourth-order valence-electron chi connectivity index (χ4n) is 1.93. The number of carbonyl (C=O) groups excluding carboxylic acids is 2. The molecule has 0 aliphatic carbocycles. The van der Waals surface area contributed by atoms with Gasteiger partial charge < -0.3 is 10.6 Å². The summed E-state index contributed by atoms with van der Waals surface area (Å²) in [5.41, 5.74) is 2.34. The van der Waals surface area contributed by atoms with Crippen LogP contribution in [0.3, 0.4) is 0 Å². The Balaban J connectivity index is 1.94. The van der Waals surface area contributed by atoms with Gasteiger partial charge in [0, 0.05) is 28.7 Å². The van der Waals surface area contributed by atoms with Crippen LogP contribution >= 0.6 is 23.6 Å². The monoisotopic (exact) mass is 373 g/mol. The molecule has 2 aromatic rings. The van der Waals surface area contributed by atoms with Crippen LogP contribution in [0.25, 0.3) is 6.08 Å². The molecule has 0 bridgehead atoms. The minimum absolute atomic E-state index is 0.0603. The maximum atomic E-state index is 11.9. The highest BCUT2D eigenvalue weighted by Gasteiger charge is 2.06. The van der Waals surface area contributed by atoms with Crippen LogP contribution in [0.2, 0.25) is 0 Å². The van der Waals surface area contributed by atoms with E-state index in [1.807, 2.05) is 36.6 Å². The van der Waals surface area contributed by atoms with Crippen molar-refractivity contribution in [2.75, 3.05) is 10.6 Å². The maximum Gasteiger partial charge on any atom is 0.250 e. The van der Waals surface area contributed by atoms with Crippen molar-refractivity contribution >= 4 is 57.9 Å². The number of nitrogens with one attached hydrogen (secondary N) is 3. The van der Waals surface area contributed by atoms with Crippen molar-refractivity contribution in [3.8, 4) is 0 Å². The van der Waals surface area contributed by atoms with E-state index in [4.69, 9.17) is 12.2 Å². The zero-order valence-corrected chi connectivity index (χ0v) is 15.6. The van der Waals surface area contributed by atoms with Crippen molar-refractivity contribution in [1.82, 2.24) is 5.32 Å². The molecule has 0 saturated carbocycles. The van der Waals surface area contributed by atoms with E-state index < -0.39 is 0 Å². The van der Waals surface area contributed by atoms with Gasteiger partial charge in [-0.25, -0.2) is 0 Å². The predicted molar refractivity (Wildman–Crippen MR) is 108 cm³/mol. The third-order valence-electron chi connectivity index (χ3n) is 3.27. The standard InChI is InChI=1S/C18H19N3O2S2/c1-3-16(22)20-15-11-13(7-6-12(15)2)19-18(24)21-17(23)9-8-14-5-4-10-25-14/h4-11H,3H2,1-2H3,(H,20,22)(H2,19,21,23,24)/b9-8+. The molecule has 0 radical (unpaired) electrons. The molecule has 0 atom stereocenters. The number of thiophene rings is 1. The van der Waals surface area contributed by atoms with E-state index in [2.05, 4.69) is 16.0 Å². The molecule has 3 N–H and O–H groups in total. The topological polar surface area (TPSA) is 70.2 Å². The van der Waals surface area contributed by atoms with E-state index in [-0.39, 0.29) is 16.9 Å². The van der Waals surface area contributed by atoms with Gasteiger partial charge in [0.1, 0.15) is 0 Å². The first-order valence-electron chi connectivity index (χ1n) is 7.72. The smallest absolute Gasteiger partial charge is 0.250 e. The quantitative estimate of drug-likeness (QED) is 0.549. The summed E-state index contributed by atoms with van der Waals surface area (Å²) < 4.78 is 0. The van der Waals surface area contributed by atoms with E-state index in [1.54, 1.807) is 30.4 Å². The molecule has 0 unspecified atom stereocenters. The van der Waals surface area contributed by atoms with Crippen LogP contribution in [-0.2, 0) is 9.59 Å². The Morgan fingerprint density at radius 2 is 2.04 bits per heavy atom. The second kappa shape index (κ2) is 9.10. The van der Waals surface area contributed by atoms with Crippen molar-refractivity contribution < 1.29 is 9.59 Å². The molecule has 0 aliphatic heterocycles. The molecule has 2 rings (SSSR count). The molecule has 130 valence electrons. The fourth-order valence-corrected chi connectivity index (χ4v) is 2.77. The Bertz CT molecular complexity index is 799. The number of amides is 2. The van der Waals surface area contributed by atoms with Crippen LogP contribution in [0.1, 0.15) is 23.8 Å². The van der Waals surface area contributed by atoms with Crippen LogP contribution in [0.4, 0.5) is 11.4 Å². The SMILES string of the molecule is CCC(=O)Nc1cc(NC(=S)NC(=O)/C=C/c2cccs2)ccc1C. The number of hydrogen-bond acceptors (Lipinski definition) is 4. The molecular weight excluding hydrogens is 354 g/mol. The van der Waals surface area contributed by atoms with E-state index >= 15 is 0 Å². The number of thiocarbonyl (C=S) groups is 1. The first-order chi connectivity index (χ1) is 12.0. The molecule has 0 aliphatic rings. The lowest BCUT2D eigenvalue weighted by Crippen LogP contribution is -2.32. The molecule has 0 fully saturated rings. The first kappa shape index (κ1) is 18.8. The van der Waals surface area contributed by atoms with Crippen LogP contribution in [-0.4, -0.2) is 16.9 Å². The first-order valence-corrected chi connectivity index (χ1v) is 9.00. The summed E-state index contributed by atoms with van der Waals surface area (Å²) in [6.45, 7) is 3.70. The summed E-state index contributed by atoms with van der Waals surface area (Å²) in [5, 5.41) is 10.5. The van der Waals surface area contributed by atoms with E-state index in [9.17, 15) is 9.59 Å². The van der Waals surface area contributed by atoms with Crippen molar-refractivity contribution in [3.63, 3.8) is 0 Å². The highest BCUT2D eigenvalue weighted by atomic mass is 32.1. The van der Waals surface area contributed by atoms with E-state index in [0.717, 1.165) is 10.4 Å². The van der Waals surface area contributed by atoms with Gasteiger partial charge in [0.25, 0.3) is 0 Å². The fraction of sp³-hybridized carbons (Fsp3) is 0.167. The summed E-state index contributed by atoms with van der Waals surface area (Å²) in [7, 11) is 0. The van der Waals surface area contributed by atoms with Crippen molar-refractivity contribution in [2.45, 2.75) is 20.3 Å². The molecule has 2 amide bonds. The molecule has 0 spiro atoms. The Morgan fingerprint density at radius 1 is 1.24 bits per heavy atom. The third kappa shape index (κ3) is 6.13. The van der Waals surface area contributed by atoms with Gasteiger partial charge in [-0.15, -0.1) is 11.3 Å². The molecule has 5 nitrogen and oxygen atoms in total. The lowest BCUT2D eigenvalue weighted by molar-refractivity contribution is -0.116. The lowest BCUT2D eigenvalue weighted by atomic mass is 10.1. The van der Waals surface area contributed by atoms with Crippen LogP contribution in [0.5, 0.6) is 0 Å². The largest absolute Gasteiger partial charge is 0.332 e. The minimum Gasteiger partial charge on any atom is -0.332 e. The van der Waals surface area contributed by atoms with E-state index in [0.29, 0.717) is 17.8 Å². The highest BCUT2D eigenvalue weighted by molar-refractivity contribution is 7.80. The normalized spacial score (nSPS) is 10.5. The molecule has 1 aromatic heterocycles. The van der Waals surface area contributed by atoms with Crippen LogP contribution in [0.15, 0.2) is 41.8 Å². The van der Waals surface area contributed by atoms with E-state index in [1.165, 1.54) is 6.08 Å². The second-order valence-corrected chi connectivity index (χ2v) is 6.61. The van der Waals surface area contributed by atoms with Gasteiger partial charge in [0.05, 0.1) is 0 Å². The summed E-state index contributed by atoms with van der Waals surface area (Å²) >= 11 is 6.70. The molecule has 7 heteroatoms. The Morgan fingerprint density at radius 3 is 2.72 bits per heavy atom. The number of anilines is 2. The van der Waals surface area contributed by atoms with Crippen molar-refractivity contribution in [3.05, 3.63) is 52.2 Å². The van der Waals surface area contributed by atoms with Crippen LogP contribution in [0, 0.1) is 6.92 Å². The molecule has 1 heterocycles. The van der Waals surface area contributed by atoms with Gasteiger partial charge in [0.2, 0.25) is 11.8 Å². The minimum atomic E-state index is -0.308. The Labute approximate surface area is 156 Å². The molecule has 0 saturated heterocycles. The van der Waals surface area contributed by atoms with Gasteiger partial charge in [0.15, 0.2) is 5.11 Å². The average Bonchev–Trinajstić information content (AvgIpc) is 3.09. The van der Waals surface area contributed by atoms with Gasteiger partial charge >= 0.3 is 0 Å².